The molecular formula is C15H20ClN3O2. The third-order valence-electron chi connectivity index (χ3n) is 3.63. The van der Waals surface area contributed by atoms with Gasteiger partial charge >= 0.3 is 6.03 Å². The van der Waals surface area contributed by atoms with Crippen molar-refractivity contribution in [3.63, 3.8) is 0 Å². The molecule has 1 fully saturated rings. The molecule has 0 bridgehead atoms. The second kappa shape index (κ2) is 6.35. The summed E-state index contributed by atoms with van der Waals surface area (Å²) in [7, 11) is 0. The number of urea groups is 1. The van der Waals surface area contributed by atoms with Crippen LogP contribution in [0.3, 0.4) is 0 Å². The van der Waals surface area contributed by atoms with Crippen molar-refractivity contribution in [3.8, 4) is 0 Å². The van der Waals surface area contributed by atoms with Crippen molar-refractivity contribution >= 4 is 29.2 Å². The molecule has 1 aromatic rings. The number of hydrogen-bond donors (Lipinski definition) is 2. The highest BCUT2D eigenvalue weighted by Gasteiger charge is 2.34. The Labute approximate surface area is 129 Å². The van der Waals surface area contributed by atoms with Crippen LogP contribution in [0, 0.1) is 6.92 Å². The molecule has 114 valence electrons. The Hall–Kier alpha value is -1.75. The van der Waals surface area contributed by atoms with Crippen molar-refractivity contribution in [1.29, 1.82) is 0 Å². The number of nitrogens with zero attached hydrogens (tertiary/aromatic N) is 1. The minimum Gasteiger partial charge on any atom is -0.338 e. The van der Waals surface area contributed by atoms with Crippen LogP contribution in [0.25, 0.3) is 0 Å². The summed E-state index contributed by atoms with van der Waals surface area (Å²) in [5.74, 6) is -0.0315. The van der Waals surface area contributed by atoms with Gasteiger partial charge in [-0.05, 0) is 38.8 Å². The van der Waals surface area contributed by atoms with Gasteiger partial charge in [-0.25, -0.2) is 4.79 Å². The number of para-hydroxylation sites is 1. The Morgan fingerprint density at radius 2 is 2.14 bits per heavy atom. The normalized spacial score (nSPS) is 18.2. The maximum Gasteiger partial charge on any atom is 0.319 e. The van der Waals surface area contributed by atoms with Crippen molar-refractivity contribution in [2.75, 3.05) is 11.9 Å². The monoisotopic (exact) mass is 309 g/mol. The average Bonchev–Trinajstić information content (AvgIpc) is 2.76. The highest BCUT2D eigenvalue weighted by Crippen LogP contribution is 2.25. The molecule has 21 heavy (non-hydrogen) atoms. The Morgan fingerprint density at radius 3 is 2.71 bits per heavy atom. The lowest BCUT2D eigenvalue weighted by Crippen LogP contribution is -2.44. The molecule has 0 saturated carbocycles. The lowest BCUT2D eigenvalue weighted by Gasteiger charge is -2.21. The van der Waals surface area contributed by atoms with E-state index in [2.05, 4.69) is 10.6 Å². The van der Waals surface area contributed by atoms with Crippen LogP contribution >= 0.6 is 11.6 Å². The third-order valence-corrected chi connectivity index (χ3v) is 3.94. The van der Waals surface area contributed by atoms with Crippen molar-refractivity contribution in [3.05, 3.63) is 28.8 Å². The highest BCUT2D eigenvalue weighted by molar-refractivity contribution is 6.33. The second-order valence-corrected chi connectivity index (χ2v) is 5.90. The van der Waals surface area contributed by atoms with Crippen LogP contribution in [0.1, 0.15) is 25.8 Å². The van der Waals surface area contributed by atoms with Gasteiger partial charge in [-0.15, -0.1) is 0 Å². The molecule has 0 radical (unpaired) electrons. The molecule has 0 aromatic heterocycles. The van der Waals surface area contributed by atoms with Gasteiger partial charge in [0, 0.05) is 12.6 Å². The molecule has 2 rings (SSSR count). The first-order valence-electron chi connectivity index (χ1n) is 7.03. The minimum absolute atomic E-state index is 0.0315. The van der Waals surface area contributed by atoms with Crippen LogP contribution in [0.15, 0.2) is 18.2 Å². The van der Waals surface area contributed by atoms with Crippen LogP contribution in [-0.4, -0.2) is 35.5 Å². The van der Waals surface area contributed by atoms with E-state index in [0.717, 1.165) is 5.56 Å². The number of nitrogens with one attached hydrogen (secondary N) is 2. The van der Waals surface area contributed by atoms with Gasteiger partial charge in [-0.1, -0.05) is 23.7 Å². The summed E-state index contributed by atoms with van der Waals surface area (Å²) >= 11 is 6.07. The van der Waals surface area contributed by atoms with Gasteiger partial charge in [0.2, 0.25) is 5.91 Å². The molecule has 1 unspecified atom stereocenters. The van der Waals surface area contributed by atoms with Crippen LogP contribution in [-0.2, 0) is 4.79 Å². The number of likely N-dealkylation sites (tertiary alicyclic amines) is 1. The van der Waals surface area contributed by atoms with Crippen molar-refractivity contribution in [1.82, 2.24) is 10.2 Å². The van der Waals surface area contributed by atoms with Crippen LogP contribution < -0.4 is 10.6 Å². The first-order chi connectivity index (χ1) is 9.90. The highest BCUT2D eigenvalue weighted by atomic mass is 35.5. The number of benzene rings is 1. The molecule has 1 aromatic carbocycles. The Bertz CT molecular complexity index is 540. The van der Waals surface area contributed by atoms with E-state index in [1.165, 1.54) is 0 Å². The Morgan fingerprint density at radius 1 is 1.43 bits per heavy atom. The zero-order valence-electron chi connectivity index (χ0n) is 12.4. The fraction of sp³-hybridized carbons (Fsp3) is 0.467. The topological polar surface area (TPSA) is 61.4 Å². The molecule has 1 saturated heterocycles. The van der Waals surface area contributed by atoms with Gasteiger partial charge < -0.3 is 15.5 Å². The molecule has 3 amide bonds. The predicted octanol–water partition coefficient (Wildman–Crippen LogP) is 2.78. The first kappa shape index (κ1) is 15.6. The van der Waals surface area contributed by atoms with E-state index in [-0.39, 0.29) is 11.9 Å². The summed E-state index contributed by atoms with van der Waals surface area (Å²) in [4.78, 5) is 25.9. The molecule has 0 spiro atoms. The van der Waals surface area contributed by atoms with Gasteiger partial charge in [0.1, 0.15) is 6.04 Å². The molecule has 2 N–H and O–H groups in total. The lowest BCUT2D eigenvalue weighted by molar-refractivity contribution is -0.130. The zero-order chi connectivity index (χ0) is 15.6. The van der Waals surface area contributed by atoms with Crippen LogP contribution in [0.2, 0.25) is 5.02 Å². The number of halogens is 1. The number of hydrogen-bond acceptors (Lipinski definition) is 2. The summed E-state index contributed by atoms with van der Waals surface area (Å²) in [5.41, 5.74) is 1.45. The maximum absolute atomic E-state index is 12.1. The van der Waals surface area contributed by atoms with E-state index < -0.39 is 12.1 Å². The maximum atomic E-state index is 12.1. The van der Waals surface area contributed by atoms with Gasteiger partial charge in [0.05, 0.1) is 10.7 Å². The largest absolute Gasteiger partial charge is 0.338 e. The van der Waals surface area contributed by atoms with E-state index in [4.69, 9.17) is 11.6 Å². The Kier molecular flexibility index (Phi) is 4.73. The fourth-order valence-electron chi connectivity index (χ4n) is 2.45. The molecule has 5 nitrogen and oxygen atoms in total. The average molecular weight is 310 g/mol. The summed E-state index contributed by atoms with van der Waals surface area (Å²) in [6, 6.07) is 4.68. The van der Waals surface area contributed by atoms with Crippen molar-refractivity contribution in [2.45, 2.75) is 39.3 Å². The molecule has 6 heteroatoms. The summed E-state index contributed by atoms with van der Waals surface area (Å²) in [6.07, 6.45) is 0.631. The van der Waals surface area contributed by atoms with E-state index in [1.54, 1.807) is 11.0 Å². The number of aryl methyl sites for hydroxylation is 1. The molecule has 1 aliphatic heterocycles. The van der Waals surface area contributed by atoms with E-state index in [9.17, 15) is 9.59 Å². The number of amides is 3. The predicted molar refractivity (Wildman–Crippen MR) is 83.6 cm³/mol. The van der Waals surface area contributed by atoms with Gasteiger partial charge in [0.25, 0.3) is 0 Å². The molecule has 1 aliphatic rings. The SMILES string of the molecule is Cc1cccc(Cl)c1NC(=O)NC1CCN(C(C)C)C1=O. The van der Waals surface area contributed by atoms with Gasteiger partial charge in [0.15, 0.2) is 0 Å². The standard InChI is InChI=1S/C15H20ClN3O2/c1-9(2)19-8-7-12(14(19)20)17-15(21)18-13-10(3)5-4-6-11(13)16/h4-6,9,12H,7-8H2,1-3H3,(H2,17,18,21). The molecule has 1 heterocycles. The second-order valence-electron chi connectivity index (χ2n) is 5.50. The summed E-state index contributed by atoms with van der Waals surface area (Å²) in [5, 5.41) is 5.91. The van der Waals surface area contributed by atoms with E-state index in [1.807, 2.05) is 32.9 Å². The van der Waals surface area contributed by atoms with E-state index in [0.29, 0.717) is 23.7 Å². The van der Waals surface area contributed by atoms with Crippen molar-refractivity contribution in [2.24, 2.45) is 0 Å². The van der Waals surface area contributed by atoms with Crippen LogP contribution in [0.4, 0.5) is 10.5 Å². The first-order valence-corrected chi connectivity index (χ1v) is 7.41. The Balaban J connectivity index is 1.99. The summed E-state index contributed by atoms with van der Waals surface area (Å²) in [6.45, 7) is 6.47. The number of rotatable bonds is 3. The molecular weight excluding hydrogens is 290 g/mol. The number of carbonyl (C=O) groups excluding carboxylic acids is 2. The van der Waals surface area contributed by atoms with Crippen LogP contribution in [0.5, 0.6) is 0 Å². The quantitative estimate of drug-likeness (QED) is 0.902. The lowest BCUT2D eigenvalue weighted by atomic mass is 10.2. The molecule has 0 aliphatic carbocycles. The minimum atomic E-state index is -0.463. The van der Waals surface area contributed by atoms with Gasteiger partial charge in [-0.2, -0.15) is 0 Å². The van der Waals surface area contributed by atoms with Crippen molar-refractivity contribution < 1.29 is 9.59 Å². The zero-order valence-corrected chi connectivity index (χ0v) is 13.2. The number of anilines is 1. The smallest absolute Gasteiger partial charge is 0.319 e. The van der Waals surface area contributed by atoms with Gasteiger partial charge in [-0.3, -0.25) is 4.79 Å². The fourth-order valence-corrected chi connectivity index (χ4v) is 2.72. The third kappa shape index (κ3) is 3.47. The molecule has 1 atom stereocenters. The van der Waals surface area contributed by atoms with E-state index >= 15 is 0 Å². The summed E-state index contributed by atoms with van der Waals surface area (Å²) < 4.78 is 0. The number of carbonyl (C=O) groups is 2.